The zero-order chi connectivity index (χ0) is 23.5. The first-order valence-electron chi connectivity index (χ1n) is 10.8. The molecule has 0 saturated heterocycles. The summed E-state index contributed by atoms with van der Waals surface area (Å²) in [6.45, 7) is 6.91. The van der Waals surface area contributed by atoms with E-state index in [4.69, 9.17) is 9.15 Å². The average Bonchev–Trinajstić information content (AvgIpc) is 3.47. The molecule has 1 amide bonds. The van der Waals surface area contributed by atoms with Crippen molar-refractivity contribution in [3.05, 3.63) is 32.8 Å². The zero-order valence-corrected chi connectivity index (χ0v) is 21.9. The number of hydrogen-bond acceptors (Lipinski definition) is 8. The Morgan fingerprint density at radius 2 is 2.18 bits per heavy atom. The van der Waals surface area contributed by atoms with Gasteiger partial charge in [0.25, 0.3) is 0 Å². The summed E-state index contributed by atoms with van der Waals surface area (Å²) in [7, 11) is 0. The number of esters is 1. The van der Waals surface area contributed by atoms with Crippen LogP contribution >= 0.6 is 39.0 Å². The fourth-order valence-electron chi connectivity index (χ4n) is 3.85. The fourth-order valence-corrected chi connectivity index (χ4v) is 6.37. The maximum atomic E-state index is 12.8. The second-order valence-corrected chi connectivity index (χ2v) is 10.6. The molecule has 4 rings (SSSR count). The number of ether oxygens (including phenoxy) is 1. The number of thiophene rings is 1. The number of nitrogens with zero attached hydrogens (tertiary/aromatic N) is 3. The molecule has 8 nitrogen and oxygen atoms in total. The molecule has 0 aliphatic heterocycles. The van der Waals surface area contributed by atoms with Crippen LogP contribution in [0.3, 0.4) is 0 Å². The number of aromatic nitrogens is 3. The Hall–Kier alpha value is -2.11. The molecule has 0 aromatic carbocycles. The zero-order valence-electron chi connectivity index (χ0n) is 18.6. The minimum Gasteiger partial charge on any atom is -0.462 e. The van der Waals surface area contributed by atoms with Crippen LogP contribution in [-0.4, -0.2) is 39.0 Å². The van der Waals surface area contributed by atoms with E-state index in [0.29, 0.717) is 51.0 Å². The Morgan fingerprint density at radius 1 is 1.36 bits per heavy atom. The lowest BCUT2D eigenvalue weighted by Crippen LogP contribution is -2.18. The normalized spacial score (nSPS) is 15.3. The number of fused-ring (bicyclic) bond motifs is 1. The second-order valence-electron chi connectivity index (χ2n) is 7.77. The number of rotatable bonds is 8. The van der Waals surface area contributed by atoms with E-state index >= 15 is 0 Å². The molecular formula is C22H25BrN4O4S2. The molecule has 11 heteroatoms. The van der Waals surface area contributed by atoms with E-state index in [1.165, 1.54) is 28.0 Å². The van der Waals surface area contributed by atoms with E-state index in [1.54, 1.807) is 13.0 Å². The first kappa shape index (κ1) is 24.0. The average molecular weight is 554 g/mol. The Morgan fingerprint density at radius 3 is 2.88 bits per heavy atom. The van der Waals surface area contributed by atoms with Crippen molar-refractivity contribution in [3.63, 3.8) is 0 Å². The predicted octanol–water partition coefficient (Wildman–Crippen LogP) is 5.41. The van der Waals surface area contributed by atoms with E-state index in [1.807, 2.05) is 17.6 Å². The topological polar surface area (TPSA) is 99.2 Å². The molecule has 0 saturated carbocycles. The summed E-state index contributed by atoms with van der Waals surface area (Å²) in [6, 6.07) is 3.62. The summed E-state index contributed by atoms with van der Waals surface area (Å²) in [5.74, 6) is 1.34. The number of furan rings is 1. The van der Waals surface area contributed by atoms with Gasteiger partial charge in [-0.1, -0.05) is 18.7 Å². The van der Waals surface area contributed by atoms with Crippen molar-refractivity contribution in [2.45, 2.75) is 51.7 Å². The van der Waals surface area contributed by atoms with Crippen LogP contribution in [-0.2, 0) is 28.9 Å². The van der Waals surface area contributed by atoms with Crippen molar-refractivity contribution in [2.75, 3.05) is 17.7 Å². The summed E-state index contributed by atoms with van der Waals surface area (Å²) >= 11 is 6.08. The molecule has 1 unspecified atom stereocenters. The third-order valence-corrected chi connectivity index (χ3v) is 7.97. The maximum absolute atomic E-state index is 12.8. The van der Waals surface area contributed by atoms with Crippen LogP contribution in [0.5, 0.6) is 0 Å². The number of thioether (sulfide) groups is 1. The molecule has 0 radical (unpaired) electrons. The summed E-state index contributed by atoms with van der Waals surface area (Å²) in [6.07, 6.45) is 2.78. The lowest BCUT2D eigenvalue weighted by molar-refractivity contribution is -0.113. The van der Waals surface area contributed by atoms with Crippen LogP contribution in [0.25, 0.3) is 11.6 Å². The number of anilines is 1. The SMILES string of the molecule is CCOC(=O)c1c(NC(=O)CSc2nnc(-c3ccc(Br)o3)n2CC)sc2c1CCC(C)C2. The van der Waals surface area contributed by atoms with E-state index in [2.05, 4.69) is 38.4 Å². The van der Waals surface area contributed by atoms with E-state index < -0.39 is 0 Å². The van der Waals surface area contributed by atoms with Crippen molar-refractivity contribution in [1.82, 2.24) is 14.8 Å². The Kier molecular flexibility index (Phi) is 7.60. The van der Waals surface area contributed by atoms with Crippen LogP contribution in [0.2, 0.25) is 0 Å². The van der Waals surface area contributed by atoms with Crippen LogP contribution in [0.1, 0.15) is 48.0 Å². The molecule has 0 fully saturated rings. The molecule has 3 aromatic rings. The third kappa shape index (κ3) is 5.20. The molecular weight excluding hydrogens is 528 g/mol. The smallest absolute Gasteiger partial charge is 0.341 e. The molecule has 33 heavy (non-hydrogen) atoms. The number of amides is 1. The minimum atomic E-state index is -0.368. The third-order valence-electron chi connectivity index (χ3n) is 5.40. The van der Waals surface area contributed by atoms with Crippen molar-refractivity contribution in [3.8, 4) is 11.6 Å². The highest BCUT2D eigenvalue weighted by Crippen LogP contribution is 2.40. The molecule has 3 heterocycles. The van der Waals surface area contributed by atoms with Crippen molar-refractivity contribution in [1.29, 1.82) is 0 Å². The van der Waals surface area contributed by atoms with Crippen molar-refractivity contribution < 1.29 is 18.7 Å². The quantitative estimate of drug-likeness (QED) is 0.294. The molecule has 1 N–H and O–H groups in total. The lowest BCUT2D eigenvalue weighted by atomic mass is 9.88. The lowest BCUT2D eigenvalue weighted by Gasteiger charge is -2.18. The van der Waals surface area contributed by atoms with Gasteiger partial charge in [0.2, 0.25) is 11.7 Å². The van der Waals surface area contributed by atoms with Gasteiger partial charge in [-0.3, -0.25) is 9.36 Å². The van der Waals surface area contributed by atoms with E-state index in [-0.39, 0.29) is 17.6 Å². The van der Waals surface area contributed by atoms with Crippen LogP contribution in [0, 0.1) is 5.92 Å². The van der Waals surface area contributed by atoms with Crippen LogP contribution in [0.4, 0.5) is 5.00 Å². The van der Waals surface area contributed by atoms with Gasteiger partial charge in [0, 0.05) is 11.4 Å². The molecule has 0 bridgehead atoms. The highest BCUT2D eigenvalue weighted by molar-refractivity contribution is 9.10. The fraction of sp³-hybridized carbons (Fsp3) is 0.455. The largest absolute Gasteiger partial charge is 0.462 e. The summed E-state index contributed by atoms with van der Waals surface area (Å²) in [4.78, 5) is 26.6. The van der Waals surface area contributed by atoms with Gasteiger partial charge in [-0.25, -0.2) is 4.79 Å². The van der Waals surface area contributed by atoms with Crippen LogP contribution < -0.4 is 5.32 Å². The van der Waals surface area contributed by atoms with Gasteiger partial charge in [0.05, 0.1) is 17.9 Å². The molecule has 176 valence electrons. The second kappa shape index (κ2) is 10.4. The first-order valence-corrected chi connectivity index (χ1v) is 13.4. The van der Waals surface area contributed by atoms with Gasteiger partial charge in [-0.15, -0.1) is 21.5 Å². The predicted molar refractivity (Wildman–Crippen MR) is 132 cm³/mol. The summed E-state index contributed by atoms with van der Waals surface area (Å²) < 4.78 is 13.4. The van der Waals surface area contributed by atoms with E-state index in [0.717, 1.165) is 24.8 Å². The Bertz CT molecular complexity index is 1170. The van der Waals surface area contributed by atoms with Gasteiger partial charge in [0.15, 0.2) is 15.6 Å². The Labute approximate surface area is 208 Å². The standard InChI is InChI=1S/C22H25BrN4O4S2/c1-4-27-19(14-8-9-16(23)31-14)25-26-22(27)32-11-17(28)24-20-18(21(29)30-5-2)13-7-6-12(3)10-15(13)33-20/h8-9,12H,4-7,10-11H2,1-3H3,(H,24,28). The van der Waals surface area contributed by atoms with Gasteiger partial charge in [0.1, 0.15) is 5.00 Å². The van der Waals surface area contributed by atoms with Crippen molar-refractivity contribution >= 4 is 55.9 Å². The van der Waals surface area contributed by atoms with Gasteiger partial charge in [-0.2, -0.15) is 0 Å². The monoisotopic (exact) mass is 552 g/mol. The molecule has 1 atom stereocenters. The molecule has 3 aromatic heterocycles. The molecule has 0 spiro atoms. The Balaban J connectivity index is 1.49. The molecule has 1 aliphatic rings. The van der Waals surface area contributed by atoms with Crippen LogP contribution in [0.15, 0.2) is 26.4 Å². The molecule has 1 aliphatic carbocycles. The van der Waals surface area contributed by atoms with Crippen molar-refractivity contribution in [2.24, 2.45) is 5.92 Å². The highest BCUT2D eigenvalue weighted by atomic mass is 79.9. The number of carbonyl (C=O) groups excluding carboxylic acids is 2. The number of nitrogens with one attached hydrogen (secondary N) is 1. The van der Waals surface area contributed by atoms with Gasteiger partial charge >= 0.3 is 5.97 Å². The number of carbonyl (C=O) groups is 2. The number of halogens is 1. The van der Waals surface area contributed by atoms with Gasteiger partial charge < -0.3 is 14.5 Å². The van der Waals surface area contributed by atoms with Gasteiger partial charge in [-0.05, 0) is 72.7 Å². The first-order chi connectivity index (χ1) is 15.9. The highest BCUT2D eigenvalue weighted by Gasteiger charge is 2.29. The number of hydrogen-bond donors (Lipinski definition) is 1. The summed E-state index contributed by atoms with van der Waals surface area (Å²) in [5, 5.41) is 12.6. The maximum Gasteiger partial charge on any atom is 0.341 e. The van der Waals surface area contributed by atoms with E-state index in [9.17, 15) is 9.59 Å². The minimum absolute atomic E-state index is 0.140. The summed E-state index contributed by atoms with van der Waals surface area (Å²) in [5.41, 5.74) is 1.55.